The van der Waals surface area contributed by atoms with Crippen LogP contribution in [-0.4, -0.2) is 58.6 Å². The summed E-state index contributed by atoms with van der Waals surface area (Å²) in [6.45, 7) is 2.76. The van der Waals surface area contributed by atoms with Gasteiger partial charge in [0, 0.05) is 11.4 Å². The van der Waals surface area contributed by atoms with Crippen molar-refractivity contribution in [1.82, 2.24) is 9.96 Å². The van der Waals surface area contributed by atoms with Crippen LogP contribution in [0.5, 0.6) is 0 Å². The zero-order valence-electron chi connectivity index (χ0n) is 18.2. The van der Waals surface area contributed by atoms with E-state index in [0.29, 0.717) is 5.06 Å². The van der Waals surface area contributed by atoms with Gasteiger partial charge in [-0.3, -0.25) is 14.9 Å². The molecule has 0 unspecified atom stereocenters. The number of hydrogen-bond donors (Lipinski definition) is 2. The van der Waals surface area contributed by atoms with Gasteiger partial charge in [0.1, 0.15) is 6.54 Å². The first kappa shape index (κ1) is 26.2. The van der Waals surface area contributed by atoms with Crippen molar-refractivity contribution in [2.24, 2.45) is 0 Å². The van der Waals surface area contributed by atoms with Crippen LogP contribution in [0.2, 0.25) is 20.1 Å². The second kappa shape index (κ2) is 10.1. The zero-order chi connectivity index (χ0) is 25.4. The van der Waals surface area contributed by atoms with E-state index in [4.69, 9.17) is 51.1 Å². The highest BCUT2D eigenvalue weighted by atomic mass is 35.5. The molecular formula is C21H20Cl4N4O5. The minimum atomic E-state index is -1.29. The van der Waals surface area contributed by atoms with Gasteiger partial charge in [0.25, 0.3) is 0 Å². The Morgan fingerprint density at radius 3 is 2.21 bits per heavy atom. The molecule has 0 radical (unpaired) electrons. The standard InChI is InChI=1S/C21H20Cl4N4O5/c1-21(2)18(29(33)19(31)26-11-4-6-13(22)15(24)8-11)28(12-5-7-14(23)16(25)9-12)20(32)27(21)10-17(30)34-3/h4-9,18,33H,10H2,1-3H3,(H,26,31)/t18-/m0/s1. The van der Waals surface area contributed by atoms with E-state index in [1.165, 1.54) is 48.4 Å². The Kier molecular flexibility index (Phi) is 7.74. The van der Waals surface area contributed by atoms with Crippen LogP contribution in [0, 0.1) is 0 Å². The molecule has 3 rings (SSSR count). The Labute approximate surface area is 215 Å². The number of ether oxygens (including phenoxy) is 1. The van der Waals surface area contributed by atoms with Crippen molar-refractivity contribution >= 4 is 75.8 Å². The van der Waals surface area contributed by atoms with Gasteiger partial charge in [-0.25, -0.2) is 9.59 Å². The van der Waals surface area contributed by atoms with Crippen molar-refractivity contribution < 1.29 is 24.3 Å². The minimum Gasteiger partial charge on any atom is -0.468 e. The molecule has 1 aliphatic heterocycles. The maximum absolute atomic E-state index is 13.4. The van der Waals surface area contributed by atoms with Crippen LogP contribution in [0.25, 0.3) is 0 Å². The summed E-state index contributed by atoms with van der Waals surface area (Å²) in [7, 11) is 1.19. The summed E-state index contributed by atoms with van der Waals surface area (Å²) >= 11 is 24.1. The molecule has 34 heavy (non-hydrogen) atoms. The topological polar surface area (TPSA) is 102 Å². The first-order valence-corrected chi connectivity index (χ1v) is 11.3. The minimum absolute atomic E-state index is 0.152. The number of urea groups is 2. The second-order valence-corrected chi connectivity index (χ2v) is 9.47. The highest BCUT2D eigenvalue weighted by molar-refractivity contribution is 6.42. The summed E-state index contributed by atoms with van der Waals surface area (Å²) < 4.78 is 4.70. The third-order valence-corrected chi connectivity index (χ3v) is 6.79. The number of carbonyl (C=O) groups excluding carboxylic acids is 3. The van der Waals surface area contributed by atoms with Gasteiger partial charge in [0.2, 0.25) is 0 Å². The van der Waals surface area contributed by atoms with Gasteiger partial charge in [-0.1, -0.05) is 46.4 Å². The van der Waals surface area contributed by atoms with E-state index in [-0.39, 0.29) is 31.5 Å². The van der Waals surface area contributed by atoms with Crippen molar-refractivity contribution in [3.05, 3.63) is 56.5 Å². The van der Waals surface area contributed by atoms with Gasteiger partial charge in [0.15, 0.2) is 6.17 Å². The van der Waals surface area contributed by atoms with E-state index in [1.807, 2.05) is 0 Å². The molecule has 182 valence electrons. The lowest BCUT2D eigenvalue weighted by molar-refractivity contribution is -0.143. The number of hydroxylamine groups is 2. The highest BCUT2D eigenvalue weighted by Crippen LogP contribution is 2.39. The fourth-order valence-corrected chi connectivity index (χ4v) is 4.15. The van der Waals surface area contributed by atoms with Gasteiger partial charge in [-0.15, -0.1) is 0 Å². The van der Waals surface area contributed by atoms with Crippen molar-refractivity contribution in [3.8, 4) is 0 Å². The second-order valence-electron chi connectivity index (χ2n) is 7.84. The fourth-order valence-electron chi connectivity index (χ4n) is 3.56. The van der Waals surface area contributed by atoms with E-state index in [2.05, 4.69) is 5.32 Å². The number of carbonyl (C=O) groups is 3. The Balaban J connectivity index is 2.01. The molecule has 2 aromatic rings. The van der Waals surface area contributed by atoms with Crippen LogP contribution < -0.4 is 10.2 Å². The number of hydrogen-bond acceptors (Lipinski definition) is 5. The van der Waals surface area contributed by atoms with E-state index < -0.39 is 36.3 Å². The third kappa shape index (κ3) is 4.99. The third-order valence-electron chi connectivity index (χ3n) is 5.32. The Hall–Kier alpha value is -2.43. The summed E-state index contributed by atoms with van der Waals surface area (Å²) in [5, 5.41) is 14.7. The average Bonchev–Trinajstić information content (AvgIpc) is 2.97. The monoisotopic (exact) mass is 548 g/mol. The van der Waals surface area contributed by atoms with Gasteiger partial charge >= 0.3 is 18.0 Å². The number of nitrogens with zero attached hydrogens (tertiary/aromatic N) is 3. The molecule has 9 nitrogen and oxygen atoms in total. The molecule has 0 bridgehead atoms. The van der Waals surface area contributed by atoms with Crippen molar-refractivity contribution in [3.63, 3.8) is 0 Å². The molecule has 4 amide bonds. The lowest BCUT2D eigenvalue weighted by Gasteiger charge is -2.38. The summed E-state index contributed by atoms with van der Waals surface area (Å²) in [6.07, 6.45) is -1.29. The predicted octanol–water partition coefficient (Wildman–Crippen LogP) is 5.74. The molecule has 13 heteroatoms. The van der Waals surface area contributed by atoms with Crippen LogP contribution in [0.4, 0.5) is 21.0 Å². The SMILES string of the molecule is COC(=O)CN1C(=O)N(c2ccc(Cl)c(Cl)c2)[C@@H](N(O)C(=O)Nc2ccc(Cl)c(Cl)c2)C1(C)C. The molecule has 2 N–H and O–H groups in total. The summed E-state index contributed by atoms with van der Waals surface area (Å²) in [5.74, 6) is -0.680. The molecule has 1 fully saturated rings. The molecule has 0 aromatic heterocycles. The molecule has 1 atom stereocenters. The first-order chi connectivity index (χ1) is 15.9. The molecule has 0 spiro atoms. The van der Waals surface area contributed by atoms with Crippen LogP contribution in [0.3, 0.4) is 0 Å². The van der Waals surface area contributed by atoms with Gasteiger partial charge in [-0.2, -0.15) is 5.06 Å². The maximum atomic E-state index is 13.4. The fraction of sp³-hybridized carbons (Fsp3) is 0.286. The number of methoxy groups -OCH3 is 1. The van der Waals surface area contributed by atoms with Gasteiger partial charge < -0.3 is 15.0 Å². The normalized spacial score (nSPS) is 17.1. The number of anilines is 2. The summed E-state index contributed by atoms with van der Waals surface area (Å²) in [6, 6.07) is 7.13. The molecule has 0 saturated carbocycles. The molecular weight excluding hydrogens is 530 g/mol. The molecule has 1 aliphatic rings. The smallest absolute Gasteiger partial charge is 0.347 e. The summed E-state index contributed by atoms with van der Waals surface area (Å²) in [4.78, 5) is 40.7. The van der Waals surface area contributed by atoms with E-state index in [9.17, 15) is 19.6 Å². The number of halogens is 4. The van der Waals surface area contributed by atoms with Crippen LogP contribution in [-0.2, 0) is 9.53 Å². The van der Waals surface area contributed by atoms with Crippen molar-refractivity contribution in [2.45, 2.75) is 25.6 Å². The lowest BCUT2D eigenvalue weighted by atomic mass is 10.00. The van der Waals surface area contributed by atoms with E-state index in [1.54, 1.807) is 13.8 Å². The number of benzene rings is 2. The average molecular weight is 550 g/mol. The Morgan fingerprint density at radius 2 is 1.65 bits per heavy atom. The highest BCUT2D eigenvalue weighted by Gasteiger charge is 2.56. The largest absolute Gasteiger partial charge is 0.468 e. The van der Waals surface area contributed by atoms with Crippen molar-refractivity contribution in [1.29, 1.82) is 0 Å². The Bertz CT molecular complexity index is 1150. The molecule has 1 saturated heterocycles. The lowest BCUT2D eigenvalue weighted by Crippen LogP contribution is -2.58. The number of nitrogens with one attached hydrogen (secondary N) is 1. The van der Waals surface area contributed by atoms with Gasteiger partial charge in [0.05, 0.1) is 32.7 Å². The number of esters is 1. The first-order valence-electron chi connectivity index (χ1n) is 9.75. The molecule has 2 aromatic carbocycles. The number of amides is 4. The summed E-state index contributed by atoms with van der Waals surface area (Å²) in [5.41, 5.74) is -0.763. The van der Waals surface area contributed by atoms with Crippen molar-refractivity contribution in [2.75, 3.05) is 23.9 Å². The molecule has 1 heterocycles. The van der Waals surface area contributed by atoms with Crippen LogP contribution in [0.1, 0.15) is 13.8 Å². The number of rotatable bonds is 5. The quantitative estimate of drug-likeness (QED) is 0.281. The predicted molar refractivity (Wildman–Crippen MR) is 130 cm³/mol. The molecule has 0 aliphatic carbocycles. The van der Waals surface area contributed by atoms with E-state index >= 15 is 0 Å². The van der Waals surface area contributed by atoms with Gasteiger partial charge in [-0.05, 0) is 50.2 Å². The van der Waals surface area contributed by atoms with Crippen LogP contribution in [0.15, 0.2) is 36.4 Å². The Morgan fingerprint density at radius 1 is 1.06 bits per heavy atom. The van der Waals surface area contributed by atoms with Crippen LogP contribution >= 0.6 is 46.4 Å². The zero-order valence-corrected chi connectivity index (χ0v) is 21.2. The maximum Gasteiger partial charge on any atom is 0.347 e. The van der Waals surface area contributed by atoms with E-state index in [0.717, 1.165) is 4.90 Å².